The molecule has 73 heavy (non-hydrogen) atoms. The predicted molar refractivity (Wildman–Crippen MR) is 300 cm³/mol. The van der Waals surface area contributed by atoms with E-state index in [2.05, 4.69) is 279 Å². The summed E-state index contributed by atoms with van der Waals surface area (Å²) in [5, 5.41) is 2.48. The Morgan fingerprint density at radius 2 is 0.849 bits per heavy atom. The Labute approximate surface area is 421 Å². The fraction of sp³-hybridized carbons (Fsp3) is 0.0147. The van der Waals surface area contributed by atoms with E-state index >= 15 is 0 Å². The number of hydrogen-bond acceptors (Lipinski definition) is 2. The minimum Gasteiger partial charge on any atom is -0.310 e. The average molecular weight is 930 g/mol. The molecule has 5 heteroatoms. The molecule has 3 aromatic heterocycles. The third-order valence-corrected chi connectivity index (χ3v) is 15.8. The minimum atomic E-state index is -0.476. The third kappa shape index (κ3) is 5.53. The molecule has 0 atom stereocenters. The van der Waals surface area contributed by atoms with E-state index in [0.717, 1.165) is 56.3 Å². The number of rotatable bonds is 6. The number of imidazole rings is 2. The molecule has 0 fully saturated rings. The van der Waals surface area contributed by atoms with Crippen molar-refractivity contribution >= 4 is 66.7 Å². The molecule has 0 amide bonds. The second kappa shape index (κ2) is 15.1. The van der Waals surface area contributed by atoms with Crippen molar-refractivity contribution in [3.05, 3.63) is 283 Å². The number of anilines is 3. The molecule has 3 heterocycles. The Morgan fingerprint density at radius 3 is 1.53 bits per heavy atom. The Hall–Kier alpha value is -9.71. The van der Waals surface area contributed by atoms with Crippen LogP contribution in [0.1, 0.15) is 22.3 Å². The normalized spacial score (nSPS) is 13.0. The molecule has 2 aliphatic rings. The zero-order chi connectivity index (χ0) is 47.8. The molecule has 0 saturated carbocycles. The van der Waals surface area contributed by atoms with E-state index < -0.39 is 5.41 Å². The molecule has 2 aliphatic carbocycles. The van der Waals surface area contributed by atoms with Crippen LogP contribution in [0.25, 0.3) is 94.4 Å². The quantitative estimate of drug-likeness (QED) is 0.166. The Morgan fingerprint density at radius 1 is 0.315 bits per heavy atom. The van der Waals surface area contributed by atoms with Gasteiger partial charge in [-0.05, 0) is 141 Å². The van der Waals surface area contributed by atoms with Crippen LogP contribution in [0.15, 0.2) is 261 Å². The van der Waals surface area contributed by atoms with Gasteiger partial charge in [-0.15, -0.1) is 0 Å². The standard InChI is InChI=1S/C68H43N5/c1-2-17-44(18-3-1)45-33-35-46(36-34-45)70(49-37-39-54-53-23-6-11-28-59(53)68(60(54)42-49)57-26-9-4-21-51(57)52-22-5-10-27-58(52)68)47-19-16-20-48(41-47)72-65-40-38-50(43-66(65)73-64-32-15-12-29-61(64)69-67(72)73)71-62-30-13-7-24-55(62)56-25-8-14-31-63(56)71/h1-43H. The summed E-state index contributed by atoms with van der Waals surface area (Å²) in [6.45, 7) is 0. The highest BCUT2D eigenvalue weighted by molar-refractivity contribution is 6.09. The molecule has 11 aromatic carbocycles. The molecule has 0 bridgehead atoms. The van der Waals surface area contributed by atoms with Crippen LogP contribution in [-0.2, 0) is 5.41 Å². The lowest BCUT2D eigenvalue weighted by atomic mass is 9.70. The molecule has 0 saturated heterocycles. The zero-order valence-electron chi connectivity index (χ0n) is 39.6. The van der Waals surface area contributed by atoms with Crippen molar-refractivity contribution in [2.75, 3.05) is 4.90 Å². The first kappa shape index (κ1) is 40.1. The first-order valence-corrected chi connectivity index (χ1v) is 25.1. The minimum absolute atomic E-state index is 0.476. The lowest BCUT2D eigenvalue weighted by Gasteiger charge is -2.32. The number of hydrogen-bond donors (Lipinski definition) is 0. The first-order chi connectivity index (χ1) is 36.2. The van der Waals surface area contributed by atoms with Crippen molar-refractivity contribution in [2.24, 2.45) is 0 Å². The van der Waals surface area contributed by atoms with Gasteiger partial charge in [0.05, 0.1) is 44.2 Å². The van der Waals surface area contributed by atoms with Crippen molar-refractivity contribution in [2.45, 2.75) is 5.41 Å². The van der Waals surface area contributed by atoms with Crippen LogP contribution >= 0.6 is 0 Å². The van der Waals surface area contributed by atoms with Gasteiger partial charge in [-0.3, -0.25) is 8.97 Å². The van der Waals surface area contributed by atoms with Gasteiger partial charge < -0.3 is 9.47 Å². The van der Waals surface area contributed by atoms with Crippen molar-refractivity contribution < 1.29 is 0 Å². The van der Waals surface area contributed by atoms with Crippen molar-refractivity contribution in [1.29, 1.82) is 0 Å². The van der Waals surface area contributed by atoms with Gasteiger partial charge in [0.25, 0.3) is 0 Å². The molecule has 340 valence electrons. The third-order valence-electron chi connectivity index (χ3n) is 15.8. The molecular formula is C68H43N5. The van der Waals surface area contributed by atoms with Crippen molar-refractivity contribution in [3.63, 3.8) is 0 Å². The van der Waals surface area contributed by atoms with Crippen LogP contribution < -0.4 is 4.90 Å². The van der Waals surface area contributed by atoms with E-state index in [1.54, 1.807) is 0 Å². The maximum absolute atomic E-state index is 5.39. The monoisotopic (exact) mass is 929 g/mol. The molecule has 1 spiro atoms. The molecule has 5 nitrogen and oxygen atoms in total. The second-order valence-corrected chi connectivity index (χ2v) is 19.5. The van der Waals surface area contributed by atoms with Gasteiger partial charge in [0, 0.05) is 33.5 Å². The van der Waals surface area contributed by atoms with E-state index in [1.807, 2.05) is 0 Å². The molecule has 16 rings (SSSR count). The van der Waals surface area contributed by atoms with Crippen LogP contribution in [0.5, 0.6) is 0 Å². The van der Waals surface area contributed by atoms with Gasteiger partial charge in [-0.2, -0.15) is 0 Å². The summed E-state index contributed by atoms with van der Waals surface area (Å²) < 4.78 is 7.07. The van der Waals surface area contributed by atoms with Crippen molar-refractivity contribution in [1.82, 2.24) is 18.5 Å². The summed E-state index contributed by atoms with van der Waals surface area (Å²) in [5.74, 6) is 0.863. The highest BCUT2D eigenvalue weighted by Crippen LogP contribution is 2.63. The Bertz CT molecular complexity index is 4450. The summed E-state index contributed by atoms with van der Waals surface area (Å²) in [7, 11) is 0. The van der Waals surface area contributed by atoms with Gasteiger partial charge in [-0.25, -0.2) is 4.98 Å². The van der Waals surface area contributed by atoms with E-state index in [-0.39, 0.29) is 0 Å². The topological polar surface area (TPSA) is 30.4 Å². The van der Waals surface area contributed by atoms with Crippen molar-refractivity contribution in [3.8, 4) is 44.8 Å². The summed E-state index contributed by atoms with van der Waals surface area (Å²) in [5.41, 5.74) is 24.2. The molecule has 0 aliphatic heterocycles. The lowest BCUT2D eigenvalue weighted by molar-refractivity contribution is 0.793. The number of fused-ring (bicyclic) bond motifs is 18. The summed E-state index contributed by atoms with van der Waals surface area (Å²) in [6.07, 6.45) is 0. The number of aromatic nitrogens is 4. The maximum atomic E-state index is 5.39. The highest BCUT2D eigenvalue weighted by atomic mass is 15.2. The fourth-order valence-electron chi connectivity index (χ4n) is 12.9. The molecule has 0 N–H and O–H groups in total. The Kier molecular flexibility index (Phi) is 8.31. The van der Waals surface area contributed by atoms with Gasteiger partial charge in [-0.1, -0.05) is 176 Å². The number of para-hydroxylation sites is 4. The van der Waals surface area contributed by atoms with E-state index in [1.165, 1.54) is 77.4 Å². The largest absolute Gasteiger partial charge is 0.310 e. The molecule has 14 aromatic rings. The van der Waals surface area contributed by atoms with Gasteiger partial charge in [0.15, 0.2) is 0 Å². The van der Waals surface area contributed by atoms with Crippen LogP contribution in [0, 0.1) is 0 Å². The van der Waals surface area contributed by atoms with Crippen LogP contribution in [-0.4, -0.2) is 18.5 Å². The van der Waals surface area contributed by atoms with Crippen LogP contribution in [0.2, 0.25) is 0 Å². The van der Waals surface area contributed by atoms with E-state index in [0.29, 0.717) is 0 Å². The van der Waals surface area contributed by atoms with E-state index in [9.17, 15) is 0 Å². The van der Waals surface area contributed by atoms with Crippen LogP contribution in [0.3, 0.4) is 0 Å². The first-order valence-electron chi connectivity index (χ1n) is 25.1. The average Bonchev–Trinajstić information content (AvgIpc) is 4.24. The van der Waals surface area contributed by atoms with Gasteiger partial charge >= 0.3 is 0 Å². The fourth-order valence-corrected chi connectivity index (χ4v) is 12.9. The van der Waals surface area contributed by atoms with Gasteiger partial charge in [0.2, 0.25) is 5.78 Å². The Balaban J connectivity index is 0.918. The molecule has 0 radical (unpaired) electrons. The summed E-state index contributed by atoms with van der Waals surface area (Å²) in [4.78, 5) is 7.83. The SMILES string of the molecule is c1ccc(-c2ccc(N(c3cccc(-n4c5ccc(-n6c7ccccc7c7ccccc76)cc5n5c6ccccc6nc45)c3)c3ccc4c(c3)C3(c5ccccc5-c5ccccc53)c3ccccc3-4)cc2)cc1. The maximum Gasteiger partial charge on any atom is 0.220 e. The predicted octanol–water partition coefficient (Wildman–Crippen LogP) is 17.0. The van der Waals surface area contributed by atoms with E-state index in [4.69, 9.17) is 4.98 Å². The molecular weight excluding hydrogens is 887 g/mol. The second-order valence-electron chi connectivity index (χ2n) is 19.5. The zero-order valence-corrected chi connectivity index (χ0v) is 39.6. The summed E-state index contributed by atoms with van der Waals surface area (Å²) >= 11 is 0. The molecule has 0 unspecified atom stereocenters. The number of nitrogens with zero attached hydrogens (tertiary/aromatic N) is 5. The van der Waals surface area contributed by atoms with Crippen LogP contribution in [0.4, 0.5) is 17.1 Å². The number of benzene rings is 11. The van der Waals surface area contributed by atoms with Gasteiger partial charge in [0.1, 0.15) is 0 Å². The summed E-state index contributed by atoms with van der Waals surface area (Å²) in [6, 6.07) is 95.8. The highest BCUT2D eigenvalue weighted by Gasteiger charge is 2.51. The smallest absolute Gasteiger partial charge is 0.220 e. The lowest BCUT2D eigenvalue weighted by Crippen LogP contribution is -2.26.